The maximum Gasteiger partial charge on any atom is 0.327 e. The molecule has 0 unspecified atom stereocenters. The van der Waals surface area contributed by atoms with Gasteiger partial charge in [0.2, 0.25) is 0 Å². The summed E-state index contributed by atoms with van der Waals surface area (Å²) in [7, 11) is 0. The maximum atomic E-state index is 12.0. The topological polar surface area (TPSA) is 116 Å². The maximum absolute atomic E-state index is 12.0. The molecular weight excluding hydrogens is 336 g/mol. The number of hydrogen-bond donors (Lipinski definition) is 4. The van der Waals surface area contributed by atoms with Gasteiger partial charge < -0.3 is 10.6 Å². The van der Waals surface area contributed by atoms with E-state index < -0.39 is 29.7 Å². The van der Waals surface area contributed by atoms with Crippen LogP contribution in [0.2, 0.25) is 5.02 Å². The quantitative estimate of drug-likeness (QED) is 0.454. The van der Waals surface area contributed by atoms with E-state index in [2.05, 4.69) is 16.1 Å². The van der Waals surface area contributed by atoms with Gasteiger partial charge in [0.05, 0.1) is 10.6 Å². The third-order valence-electron chi connectivity index (χ3n) is 2.78. The minimum Gasteiger partial charge on any atom is -0.346 e. The third-order valence-corrected chi connectivity index (χ3v) is 3.11. The fraction of sp³-hybridized carbons (Fsp3) is 0.333. The molecule has 0 spiro atoms. The first-order valence-corrected chi connectivity index (χ1v) is 7.56. The van der Waals surface area contributed by atoms with E-state index in [0.717, 1.165) is 0 Å². The van der Waals surface area contributed by atoms with Crippen LogP contribution < -0.4 is 21.5 Å². The third kappa shape index (κ3) is 5.88. The Bertz CT molecular complexity index is 648. The van der Waals surface area contributed by atoms with Crippen LogP contribution in [0.1, 0.15) is 31.1 Å². The SMILES string of the molecule is CC(C)NC(=O)C(=O)NNC(=O)[C@H](C)NC(=O)c1ccccc1Cl. The molecule has 0 bridgehead atoms. The van der Waals surface area contributed by atoms with Crippen LogP contribution in [-0.4, -0.2) is 35.7 Å². The zero-order chi connectivity index (χ0) is 18.3. The molecule has 0 radical (unpaired) electrons. The number of carbonyl (C=O) groups is 4. The van der Waals surface area contributed by atoms with Gasteiger partial charge in [0.1, 0.15) is 6.04 Å². The summed E-state index contributed by atoms with van der Waals surface area (Å²) in [5.74, 6) is -3.12. The Balaban J connectivity index is 2.51. The smallest absolute Gasteiger partial charge is 0.327 e. The average molecular weight is 355 g/mol. The molecule has 4 amide bonds. The van der Waals surface area contributed by atoms with E-state index in [1.54, 1.807) is 32.0 Å². The largest absolute Gasteiger partial charge is 0.346 e. The van der Waals surface area contributed by atoms with E-state index in [1.807, 2.05) is 5.43 Å². The van der Waals surface area contributed by atoms with E-state index in [0.29, 0.717) is 0 Å². The Labute approximate surface area is 144 Å². The lowest BCUT2D eigenvalue weighted by Crippen LogP contribution is -2.54. The average Bonchev–Trinajstić information content (AvgIpc) is 2.51. The van der Waals surface area contributed by atoms with Gasteiger partial charge in [-0.25, -0.2) is 0 Å². The number of benzene rings is 1. The first kappa shape index (κ1) is 19.4. The van der Waals surface area contributed by atoms with Crippen molar-refractivity contribution in [2.75, 3.05) is 0 Å². The van der Waals surface area contributed by atoms with Crippen LogP contribution in [0, 0.1) is 0 Å². The predicted octanol–water partition coefficient (Wildman–Crippen LogP) is 0.130. The van der Waals surface area contributed by atoms with Gasteiger partial charge in [-0.15, -0.1) is 0 Å². The molecule has 0 aliphatic carbocycles. The number of amides is 4. The van der Waals surface area contributed by atoms with Crippen molar-refractivity contribution in [1.29, 1.82) is 0 Å². The second-order valence-electron chi connectivity index (χ2n) is 5.25. The lowest BCUT2D eigenvalue weighted by molar-refractivity contribution is -0.141. The number of nitrogens with one attached hydrogen (secondary N) is 4. The van der Waals surface area contributed by atoms with Crippen LogP contribution >= 0.6 is 11.6 Å². The first-order chi connectivity index (χ1) is 11.2. The molecule has 4 N–H and O–H groups in total. The second kappa shape index (κ2) is 8.88. The number of carbonyl (C=O) groups excluding carboxylic acids is 4. The van der Waals surface area contributed by atoms with Gasteiger partial charge in [-0.05, 0) is 32.9 Å². The highest BCUT2D eigenvalue weighted by molar-refractivity contribution is 6.35. The van der Waals surface area contributed by atoms with Gasteiger partial charge in [0.25, 0.3) is 11.8 Å². The molecular formula is C15H19ClN4O4. The van der Waals surface area contributed by atoms with Gasteiger partial charge in [-0.1, -0.05) is 23.7 Å². The summed E-state index contributed by atoms with van der Waals surface area (Å²) in [6.45, 7) is 4.80. The first-order valence-electron chi connectivity index (χ1n) is 7.18. The lowest BCUT2D eigenvalue weighted by atomic mass is 10.2. The van der Waals surface area contributed by atoms with Crippen LogP contribution in [0.5, 0.6) is 0 Å². The number of hydrazine groups is 1. The van der Waals surface area contributed by atoms with Crippen molar-refractivity contribution in [3.8, 4) is 0 Å². The minimum absolute atomic E-state index is 0.215. The van der Waals surface area contributed by atoms with E-state index in [9.17, 15) is 19.2 Å². The fourth-order valence-electron chi connectivity index (χ4n) is 1.60. The number of halogens is 1. The van der Waals surface area contributed by atoms with Crippen molar-refractivity contribution in [1.82, 2.24) is 21.5 Å². The van der Waals surface area contributed by atoms with E-state index in [-0.39, 0.29) is 16.6 Å². The van der Waals surface area contributed by atoms with Crippen LogP contribution in [0.15, 0.2) is 24.3 Å². The molecule has 9 heteroatoms. The Morgan fingerprint density at radius 1 is 0.917 bits per heavy atom. The molecule has 1 aromatic rings. The van der Waals surface area contributed by atoms with Crippen molar-refractivity contribution in [3.05, 3.63) is 34.9 Å². The molecule has 0 fully saturated rings. The molecule has 0 heterocycles. The van der Waals surface area contributed by atoms with Gasteiger partial charge in [-0.2, -0.15) is 0 Å². The molecule has 24 heavy (non-hydrogen) atoms. The summed E-state index contributed by atoms with van der Waals surface area (Å²) in [5, 5.41) is 5.05. The number of hydrogen-bond acceptors (Lipinski definition) is 4. The lowest BCUT2D eigenvalue weighted by Gasteiger charge is -2.15. The molecule has 0 aliphatic heterocycles. The predicted molar refractivity (Wildman–Crippen MR) is 87.9 cm³/mol. The highest BCUT2D eigenvalue weighted by Crippen LogP contribution is 2.14. The standard InChI is InChI=1S/C15H19ClN4O4/c1-8(2)17-14(23)15(24)20-19-12(21)9(3)18-13(22)10-6-4-5-7-11(10)16/h4-9H,1-3H3,(H,17,23)(H,18,22)(H,19,21)(H,20,24)/t9-/m0/s1. The fourth-order valence-corrected chi connectivity index (χ4v) is 1.82. The van der Waals surface area contributed by atoms with E-state index in [4.69, 9.17) is 11.6 Å². The van der Waals surface area contributed by atoms with Gasteiger partial charge in [-0.3, -0.25) is 30.0 Å². The Kier molecular flexibility index (Phi) is 7.19. The summed E-state index contributed by atoms with van der Waals surface area (Å²) in [6, 6.07) is 5.20. The summed E-state index contributed by atoms with van der Waals surface area (Å²) in [5.41, 5.74) is 4.25. The van der Waals surface area contributed by atoms with Crippen molar-refractivity contribution in [2.24, 2.45) is 0 Å². The summed E-state index contributed by atoms with van der Waals surface area (Å²) >= 11 is 5.90. The highest BCUT2D eigenvalue weighted by Gasteiger charge is 2.20. The van der Waals surface area contributed by atoms with Crippen LogP contribution in [-0.2, 0) is 14.4 Å². The summed E-state index contributed by atoms with van der Waals surface area (Å²) in [4.78, 5) is 46.7. The molecule has 0 saturated carbocycles. The zero-order valence-corrected chi connectivity index (χ0v) is 14.2. The molecule has 0 aromatic heterocycles. The van der Waals surface area contributed by atoms with Crippen molar-refractivity contribution < 1.29 is 19.2 Å². The van der Waals surface area contributed by atoms with E-state index in [1.165, 1.54) is 13.0 Å². The van der Waals surface area contributed by atoms with E-state index >= 15 is 0 Å². The summed E-state index contributed by atoms with van der Waals surface area (Å²) < 4.78 is 0. The molecule has 0 saturated heterocycles. The Morgan fingerprint density at radius 3 is 2.12 bits per heavy atom. The summed E-state index contributed by atoms with van der Waals surface area (Å²) in [6.07, 6.45) is 0. The monoisotopic (exact) mass is 354 g/mol. The van der Waals surface area contributed by atoms with Gasteiger partial charge >= 0.3 is 11.8 Å². The minimum atomic E-state index is -1.01. The molecule has 1 atom stereocenters. The molecule has 130 valence electrons. The Morgan fingerprint density at radius 2 is 1.54 bits per heavy atom. The van der Waals surface area contributed by atoms with Gasteiger partial charge in [0.15, 0.2) is 0 Å². The van der Waals surface area contributed by atoms with Gasteiger partial charge in [0, 0.05) is 6.04 Å². The van der Waals surface area contributed by atoms with Crippen LogP contribution in [0.3, 0.4) is 0 Å². The Hall–Kier alpha value is -2.61. The molecule has 8 nitrogen and oxygen atoms in total. The normalized spacial score (nSPS) is 11.4. The van der Waals surface area contributed by atoms with Crippen molar-refractivity contribution >= 4 is 35.2 Å². The molecule has 1 aromatic carbocycles. The number of rotatable bonds is 4. The molecule has 1 rings (SSSR count). The molecule has 0 aliphatic rings. The zero-order valence-electron chi connectivity index (χ0n) is 13.5. The highest BCUT2D eigenvalue weighted by atomic mass is 35.5. The van der Waals surface area contributed by atoms with Crippen molar-refractivity contribution in [3.63, 3.8) is 0 Å². The van der Waals surface area contributed by atoms with Crippen LogP contribution in [0.25, 0.3) is 0 Å². The second-order valence-corrected chi connectivity index (χ2v) is 5.65. The van der Waals surface area contributed by atoms with Crippen LogP contribution in [0.4, 0.5) is 0 Å². The van der Waals surface area contributed by atoms with Crippen molar-refractivity contribution in [2.45, 2.75) is 32.9 Å².